The fourth-order valence-corrected chi connectivity index (χ4v) is 2.82. The molecule has 18 heavy (non-hydrogen) atoms. The van der Waals surface area contributed by atoms with Crippen LogP contribution >= 0.6 is 0 Å². The number of carboxylic acid groups (broad SMARTS) is 1. The molecule has 1 aromatic carbocycles. The highest BCUT2D eigenvalue weighted by molar-refractivity contribution is 5.80. The highest BCUT2D eigenvalue weighted by atomic mass is 16.4. The van der Waals surface area contributed by atoms with Gasteiger partial charge in [-0.25, -0.2) is 0 Å². The maximum Gasteiger partial charge on any atom is 0.308 e. The molecule has 4 heteroatoms. The predicted octanol–water partition coefficient (Wildman–Crippen LogP) is 1.95. The van der Waals surface area contributed by atoms with Gasteiger partial charge < -0.3 is 15.4 Å². The molecule has 2 heterocycles. The smallest absolute Gasteiger partial charge is 0.308 e. The van der Waals surface area contributed by atoms with Crippen molar-refractivity contribution in [2.75, 3.05) is 13.1 Å². The fourth-order valence-electron chi connectivity index (χ4n) is 2.82. The number of carbonyl (C=O) groups is 1. The van der Waals surface area contributed by atoms with Crippen molar-refractivity contribution >= 4 is 16.9 Å². The molecule has 2 atom stereocenters. The summed E-state index contributed by atoms with van der Waals surface area (Å²) in [6.07, 6.45) is 2.79. The Balaban J connectivity index is 1.97. The average Bonchev–Trinajstić information content (AvgIpc) is 2.85. The molecule has 3 rings (SSSR count). The molecule has 0 amide bonds. The monoisotopic (exact) mass is 244 g/mol. The molecule has 2 unspecified atom stereocenters. The lowest BCUT2D eigenvalue weighted by Crippen LogP contribution is -2.39. The lowest BCUT2D eigenvalue weighted by molar-refractivity contribution is -0.142. The number of piperidine rings is 1. The van der Waals surface area contributed by atoms with E-state index in [-0.39, 0.29) is 11.8 Å². The second-order valence-corrected chi connectivity index (χ2v) is 4.87. The Labute approximate surface area is 105 Å². The summed E-state index contributed by atoms with van der Waals surface area (Å²) in [7, 11) is 0. The van der Waals surface area contributed by atoms with E-state index in [0.29, 0.717) is 6.54 Å². The van der Waals surface area contributed by atoms with Crippen LogP contribution in [0.2, 0.25) is 0 Å². The molecule has 1 saturated heterocycles. The summed E-state index contributed by atoms with van der Waals surface area (Å²) in [5, 5.41) is 13.6. The Morgan fingerprint density at radius 2 is 2.22 bits per heavy atom. The van der Waals surface area contributed by atoms with Crippen molar-refractivity contribution in [1.29, 1.82) is 0 Å². The molecule has 94 valence electrons. The van der Waals surface area contributed by atoms with Crippen molar-refractivity contribution in [3.63, 3.8) is 0 Å². The molecule has 1 aromatic heterocycles. The summed E-state index contributed by atoms with van der Waals surface area (Å²) >= 11 is 0. The fraction of sp³-hybridized carbons (Fsp3) is 0.357. The quantitative estimate of drug-likeness (QED) is 0.756. The van der Waals surface area contributed by atoms with Gasteiger partial charge in [0.05, 0.1) is 5.92 Å². The first-order valence-electron chi connectivity index (χ1n) is 6.26. The summed E-state index contributed by atoms with van der Waals surface area (Å²) in [6.45, 7) is 1.45. The zero-order chi connectivity index (χ0) is 12.5. The van der Waals surface area contributed by atoms with Gasteiger partial charge in [-0.15, -0.1) is 0 Å². The second kappa shape index (κ2) is 4.46. The van der Waals surface area contributed by atoms with E-state index >= 15 is 0 Å². The first kappa shape index (κ1) is 11.3. The number of nitrogens with one attached hydrogen (secondary N) is 2. The normalized spacial score (nSPS) is 24.2. The molecule has 1 aliphatic rings. The van der Waals surface area contributed by atoms with Gasteiger partial charge in [0.2, 0.25) is 0 Å². The van der Waals surface area contributed by atoms with E-state index < -0.39 is 5.97 Å². The van der Waals surface area contributed by atoms with Crippen LogP contribution in [0.4, 0.5) is 0 Å². The van der Waals surface area contributed by atoms with Gasteiger partial charge in [0, 0.05) is 18.3 Å². The summed E-state index contributed by atoms with van der Waals surface area (Å²) in [6, 6.07) is 8.21. The van der Waals surface area contributed by atoms with E-state index in [1.165, 1.54) is 0 Å². The van der Waals surface area contributed by atoms with Gasteiger partial charge in [-0.1, -0.05) is 6.07 Å². The van der Waals surface area contributed by atoms with Crippen LogP contribution in [-0.4, -0.2) is 29.1 Å². The Bertz CT molecular complexity index is 576. The predicted molar refractivity (Wildman–Crippen MR) is 69.7 cm³/mol. The van der Waals surface area contributed by atoms with Crippen LogP contribution < -0.4 is 5.32 Å². The number of benzene rings is 1. The standard InChI is InChI=1S/C14H16N2O2/c17-14(18)12-8-15-5-4-11(12)9-1-2-13-10(7-9)3-6-16-13/h1-3,6-7,11-12,15-16H,4-5,8H2,(H,17,18). The summed E-state index contributed by atoms with van der Waals surface area (Å²) in [5.41, 5.74) is 2.23. The maximum atomic E-state index is 11.3. The molecular formula is C14H16N2O2. The van der Waals surface area contributed by atoms with Gasteiger partial charge in [-0.2, -0.15) is 0 Å². The van der Waals surface area contributed by atoms with E-state index in [1.807, 2.05) is 24.4 Å². The van der Waals surface area contributed by atoms with Crippen LogP contribution in [0.5, 0.6) is 0 Å². The number of fused-ring (bicyclic) bond motifs is 1. The molecule has 3 N–H and O–H groups in total. The van der Waals surface area contributed by atoms with Gasteiger partial charge in [0.1, 0.15) is 0 Å². The molecule has 1 aliphatic heterocycles. The highest BCUT2D eigenvalue weighted by Gasteiger charge is 2.31. The number of H-pyrrole nitrogens is 1. The van der Waals surface area contributed by atoms with Crippen LogP contribution in [0, 0.1) is 5.92 Å². The van der Waals surface area contributed by atoms with Crippen LogP contribution in [0.15, 0.2) is 30.5 Å². The summed E-state index contributed by atoms with van der Waals surface area (Å²) in [5.74, 6) is -0.917. The van der Waals surface area contributed by atoms with Gasteiger partial charge in [-0.05, 0) is 48.0 Å². The number of aliphatic carboxylic acids is 1. The van der Waals surface area contributed by atoms with Crippen LogP contribution in [-0.2, 0) is 4.79 Å². The van der Waals surface area contributed by atoms with Gasteiger partial charge >= 0.3 is 5.97 Å². The molecule has 0 spiro atoms. The topological polar surface area (TPSA) is 65.1 Å². The molecule has 0 saturated carbocycles. The van der Waals surface area contributed by atoms with Gasteiger partial charge in [0.25, 0.3) is 0 Å². The Hall–Kier alpha value is -1.81. The SMILES string of the molecule is O=C(O)C1CNCCC1c1ccc2[nH]ccc2c1. The van der Waals surface area contributed by atoms with Gasteiger partial charge in [-0.3, -0.25) is 4.79 Å². The zero-order valence-corrected chi connectivity index (χ0v) is 10.0. The van der Waals surface area contributed by atoms with Crippen molar-refractivity contribution in [2.45, 2.75) is 12.3 Å². The van der Waals surface area contributed by atoms with E-state index in [4.69, 9.17) is 0 Å². The first-order valence-corrected chi connectivity index (χ1v) is 6.26. The minimum absolute atomic E-state index is 0.114. The molecule has 0 bridgehead atoms. The van der Waals surface area contributed by atoms with E-state index in [9.17, 15) is 9.90 Å². The largest absolute Gasteiger partial charge is 0.481 e. The van der Waals surface area contributed by atoms with Crippen LogP contribution in [0.1, 0.15) is 17.9 Å². The van der Waals surface area contributed by atoms with Crippen LogP contribution in [0.3, 0.4) is 0 Å². The molecule has 4 nitrogen and oxygen atoms in total. The number of aromatic nitrogens is 1. The minimum atomic E-state index is -0.707. The molecule has 1 fully saturated rings. The Kier molecular flexibility index (Phi) is 2.80. The van der Waals surface area contributed by atoms with E-state index in [0.717, 1.165) is 29.4 Å². The van der Waals surface area contributed by atoms with Crippen molar-refractivity contribution < 1.29 is 9.90 Å². The number of carboxylic acids is 1. The number of rotatable bonds is 2. The van der Waals surface area contributed by atoms with Crippen LogP contribution in [0.25, 0.3) is 10.9 Å². The second-order valence-electron chi connectivity index (χ2n) is 4.87. The van der Waals surface area contributed by atoms with Crippen molar-refractivity contribution in [1.82, 2.24) is 10.3 Å². The minimum Gasteiger partial charge on any atom is -0.481 e. The Morgan fingerprint density at radius 1 is 1.33 bits per heavy atom. The first-order chi connectivity index (χ1) is 8.75. The highest BCUT2D eigenvalue weighted by Crippen LogP contribution is 2.32. The third-order valence-electron chi connectivity index (χ3n) is 3.80. The number of hydrogen-bond donors (Lipinski definition) is 3. The van der Waals surface area contributed by atoms with Crippen molar-refractivity contribution in [2.24, 2.45) is 5.92 Å². The lowest BCUT2D eigenvalue weighted by Gasteiger charge is -2.29. The third kappa shape index (κ3) is 1.88. The van der Waals surface area contributed by atoms with E-state index in [1.54, 1.807) is 0 Å². The molecule has 2 aromatic rings. The lowest BCUT2D eigenvalue weighted by atomic mass is 9.81. The molecule has 0 aliphatic carbocycles. The van der Waals surface area contributed by atoms with Crippen molar-refractivity contribution in [3.05, 3.63) is 36.0 Å². The average molecular weight is 244 g/mol. The number of hydrogen-bond acceptors (Lipinski definition) is 2. The zero-order valence-electron chi connectivity index (χ0n) is 10.0. The summed E-state index contributed by atoms with van der Waals surface area (Å²) < 4.78 is 0. The van der Waals surface area contributed by atoms with Crippen molar-refractivity contribution in [3.8, 4) is 0 Å². The maximum absolute atomic E-state index is 11.3. The molecule has 0 radical (unpaired) electrons. The number of aromatic amines is 1. The molecular weight excluding hydrogens is 228 g/mol. The summed E-state index contributed by atoms with van der Waals surface area (Å²) in [4.78, 5) is 14.5. The Morgan fingerprint density at radius 3 is 3.06 bits per heavy atom. The third-order valence-corrected chi connectivity index (χ3v) is 3.80. The van der Waals surface area contributed by atoms with E-state index in [2.05, 4.69) is 16.4 Å². The van der Waals surface area contributed by atoms with Gasteiger partial charge in [0.15, 0.2) is 0 Å².